The van der Waals surface area contributed by atoms with E-state index < -0.39 is 0 Å². The molecule has 6 nitrogen and oxygen atoms in total. The van der Waals surface area contributed by atoms with E-state index in [0.717, 1.165) is 34.9 Å². The Labute approximate surface area is 223 Å². The predicted octanol–water partition coefficient (Wildman–Crippen LogP) is 6.38. The van der Waals surface area contributed by atoms with E-state index in [-0.39, 0.29) is 18.2 Å². The number of unbranched alkanes of at least 4 members (excludes halogenated alkanes) is 1. The average molecular weight is 508 g/mol. The second kappa shape index (κ2) is 12.2. The predicted molar refractivity (Wildman–Crippen MR) is 154 cm³/mol. The van der Waals surface area contributed by atoms with Crippen molar-refractivity contribution in [2.75, 3.05) is 11.9 Å². The number of carbonyl (C=O) groups excluding carboxylic acids is 1. The first-order chi connectivity index (χ1) is 18.4. The van der Waals surface area contributed by atoms with Crippen LogP contribution in [0.3, 0.4) is 0 Å². The van der Waals surface area contributed by atoms with Gasteiger partial charge in [0.05, 0.1) is 17.8 Å². The number of aromatic nitrogens is 2. The van der Waals surface area contributed by atoms with Crippen molar-refractivity contribution in [3.63, 3.8) is 0 Å². The lowest BCUT2D eigenvalue weighted by Gasteiger charge is -2.15. The number of nitrogens with one attached hydrogen (secondary N) is 1. The molecule has 0 radical (unpaired) electrons. The highest BCUT2D eigenvalue weighted by molar-refractivity contribution is 5.93. The summed E-state index contributed by atoms with van der Waals surface area (Å²) in [6, 6.07) is 21.3. The van der Waals surface area contributed by atoms with Crippen molar-refractivity contribution in [1.82, 2.24) is 9.55 Å². The highest BCUT2D eigenvalue weighted by atomic mass is 16.5. The molecule has 0 aliphatic heterocycles. The van der Waals surface area contributed by atoms with Gasteiger partial charge in [0.15, 0.2) is 0 Å². The number of amides is 1. The van der Waals surface area contributed by atoms with Crippen LogP contribution < -0.4 is 15.7 Å². The van der Waals surface area contributed by atoms with Crippen LogP contribution in [-0.4, -0.2) is 22.1 Å². The van der Waals surface area contributed by atoms with Gasteiger partial charge < -0.3 is 10.1 Å². The second-order valence-electron chi connectivity index (χ2n) is 9.63. The highest BCUT2D eigenvalue weighted by Crippen LogP contribution is 2.30. The third-order valence-electron chi connectivity index (χ3n) is 6.43. The van der Waals surface area contributed by atoms with E-state index in [2.05, 4.69) is 49.1 Å². The molecule has 1 aromatic heterocycles. The third kappa shape index (κ3) is 6.30. The first kappa shape index (κ1) is 26.7. The fraction of sp³-hybridized carbons (Fsp3) is 0.281. The standard InChI is InChI=1S/C32H33N3O3/c1-5-7-11-30(36)33-26-10-8-9-23(19-26)21-35-29-17-16-27(38-18-6-2)20-28(29)31(34-32(35)37)25-14-12-24(13-15-25)22(3)4/h2,8-10,12-17,19-20,22H,5,7,11,18,21H2,1,3-4H3,(H,33,36). The first-order valence-electron chi connectivity index (χ1n) is 13.0. The number of nitrogens with zero attached hydrogens (tertiary/aromatic N) is 2. The van der Waals surface area contributed by atoms with E-state index in [1.807, 2.05) is 54.6 Å². The lowest BCUT2D eigenvalue weighted by molar-refractivity contribution is -0.116. The van der Waals surface area contributed by atoms with E-state index >= 15 is 0 Å². The lowest BCUT2D eigenvalue weighted by Crippen LogP contribution is -2.24. The van der Waals surface area contributed by atoms with E-state index in [0.29, 0.717) is 36.0 Å². The number of benzene rings is 3. The number of hydrogen-bond donors (Lipinski definition) is 1. The largest absolute Gasteiger partial charge is 0.481 e. The molecule has 38 heavy (non-hydrogen) atoms. The van der Waals surface area contributed by atoms with Crippen molar-refractivity contribution < 1.29 is 9.53 Å². The summed E-state index contributed by atoms with van der Waals surface area (Å²) in [5.74, 6) is 3.49. The van der Waals surface area contributed by atoms with Crippen molar-refractivity contribution in [1.29, 1.82) is 0 Å². The molecule has 0 spiro atoms. The van der Waals surface area contributed by atoms with Gasteiger partial charge in [-0.2, -0.15) is 4.98 Å². The third-order valence-corrected chi connectivity index (χ3v) is 6.43. The SMILES string of the molecule is C#CCOc1ccc2c(c1)c(-c1ccc(C(C)C)cc1)nc(=O)n2Cc1cccc(NC(=O)CCCC)c1. The number of hydrogen-bond acceptors (Lipinski definition) is 4. The van der Waals surface area contributed by atoms with Gasteiger partial charge in [-0.1, -0.05) is 69.5 Å². The molecule has 6 heteroatoms. The van der Waals surface area contributed by atoms with Gasteiger partial charge in [-0.3, -0.25) is 9.36 Å². The second-order valence-corrected chi connectivity index (χ2v) is 9.63. The van der Waals surface area contributed by atoms with Crippen LogP contribution in [0.4, 0.5) is 5.69 Å². The summed E-state index contributed by atoms with van der Waals surface area (Å²) in [5.41, 5.74) is 4.64. The number of terminal acetylenes is 1. The minimum Gasteiger partial charge on any atom is -0.481 e. The van der Waals surface area contributed by atoms with Gasteiger partial charge in [-0.25, -0.2) is 4.79 Å². The van der Waals surface area contributed by atoms with Gasteiger partial charge >= 0.3 is 5.69 Å². The molecular formula is C32H33N3O3. The Kier molecular flexibility index (Phi) is 8.60. The van der Waals surface area contributed by atoms with Gasteiger partial charge in [0, 0.05) is 23.1 Å². The monoisotopic (exact) mass is 507 g/mol. The molecule has 1 heterocycles. The summed E-state index contributed by atoms with van der Waals surface area (Å²) in [4.78, 5) is 30.1. The summed E-state index contributed by atoms with van der Waals surface area (Å²) in [5, 5.41) is 3.74. The summed E-state index contributed by atoms with van der Waals surface area (Å²) in [6.45, 7) is 6.79. The van der Waals surface area contributed by atoms with Gasteiger partial charge in [-0.05, 0) is 53.8 Å². The van der Waals surface area contributed by atoms with Crippen LogP contribution in [0, 0.1) is 12.3 Å². The van der Waals surface area contributed by atoms with Crippen molar-refractivity contribution in [2.24, 2.45) is 0 Å². The molecule has 4 rings (SSSR count). The average Bonchev–Trinajstić information content (AvgIpc) is 2.92. The topological polar surface area (TPSA) is 73.2 Å². The highest BCUT2D eigenvalue weighted by Gasteiger charge is 2.15. The van der Waals surface area contributed by atoms with Crippen LogP contribution in [-0.2, 0) is 11.3 Å². The molecule has 1 N–H and O–H groups in total. The molecule has 0 atom stereocenters. The quantitative estimate of drug-likeness (QED) is 0.253. The van der Waals surface area contributed by atoms with Crippen LogP contribution in [0.5, 0.6) is 5.75 Å². The number of ether oxygens (including phenoxy) is 1. The summed E-state index contributed by atoms with van der Waals surface area (Å²) >= 11 is 0. The molecule has 4 aromatic rings. The van der Waals surface area contributed by atoms with Crippen molar-refractivity contribution in [2.45, 2.75) is 52.5 Å². The molecule has 0 aliphatic carbocycles. The van der Waals surface area contributed by atoms with Crippen molar-refractivity contribution >= 4 is 22.5 Å². The molecule has 0 fully saturated rings. The zero-order chi connectivity index (χ0) is 27.1. The van der Waals surface area contributed by atoms with Crippen LogP contribution in [0.1, 0.15) is 57.1 Å². The summed E-state index contributed by atoms with van der Waals surface area (Å²) in [7, 11) is 0. The molecule has 0 bridgehead atoms. The van der Waals surface area contributed by atoms with Gasteiger partial charge in [-0.15, -0.1) is 6.42 Å². The van der Waals surface area contributed by atoms with E-state index in [1.165, 1.54) is 5.56 Å². The zero-order valence-corrected chi connectivity index (χ0v) is 22.2. The Morgan fingerprint density at radius 2 is 1.89 bits per heavy atom. The molecule has 0 aliphatic rings. The van der Waals surface area contributed by atoms with E-state index in [9.17, 15) is 9.59 Å². The van der Waals surface area contributed by atoms with Crippen LogP contribution in [0.25, 0.3) is 22.2 Å². The lowest BCUT2D eigenvalue weighted by atomic mass is 9.99. The van der Waals surface area contributed by atoms with Crippen molar-refractivity contribution in [3.05, 3.63) is 88.3 Å². The first-order valence-corrected chi connectivity index (χ1v) is 13.0. The molecule has 3 aromatic carbocycles. The Hall–Kier alpha value is -4.37. The number of carbonyl (C=O) groups is 1. The van der Waals surface area contributed by atoms with Crippen molar-refractivity contribution in [3.8, 4) is 29.4 Å². The Morgan fingerprint density at radius 1 is 1.11 bits per heavy atom. The van der Waals surface area contributed by atoms with E-state index in [1.54, 1.807) is 4.57 Å². The molecule has 1 amide bonds. The summed E-state index contributed by atoms with van der Waals surface area (Å²) in [6.07, 6.45) is 7.68. The van der Waals surface area contributed by atoms with Gasteiger partial charge in [0.1, 0.15) is 12.4 Å². The molecule has 194 valence electrons. The Morgan fingerprint density at radius 3 is 2.61 bits per heavy atom. The normalized spacial score (nSPS) is 10.9. The van der Waals surface area contributed by atoms with Crippen LogP contribution in [0.15, 0.2) is 71.5 Å². The van der Waals surface area contributed by atoms with E-state index in [4.69, 9.17) is 11.2 Å². The number of anilines is 1. The number of fused-ring (bicyclic) bond motifs is 1. The Bertz CT molecular complexity index is 1530. The smallest absolute Gasteiger partial charge is 0.348 e. The van der Waals surface area contributed by atoms with Crippen LogP contribution in [0.2, 0.25) is 0 Å². The summed E-state index contributed by atoms with van der Waals surface area (Å²) < 4.78 is 7.33. The molecule has 0 saturated carbocycles. The van der Waals surface area contributed by atoms with Gasteiger partial charge in [0.2, 0.25) is 5.91 Å². The Balaban J connectivity index is 1.75. The molecular weight excluding hydrogens is 474 g/mol. The maximum Gasteiger partial charge on any atom is 0.348 e. The zero-order valence-electron chi connectivity index (χ0n) is 22.2. The fourth-order valence-corrected chi connectivity index (χ4v) is 4.36. The maximum atomic E-state index is 13.4. The molecule has 0 unspecified atom stereocenters. The fourth-order valence-electron chi connectivity index (χ4n) is 4.36. The number of rotatable bonds is 10. The van der Waals surface area contributed by atoms with Gasteiger partial charge in [0.25, 0.3) is 0 Å². The minimum absolute atomic E-state index is 0.0133. The van der Waals surface area contributed by atoms with Crippen LogP contribution >= 0.6 is 0 Å². The minimum atomic E-state index is -0.352. The maximum absolute atomic E-state index is 13.4. The molecule has 0 saturated heterocycles.